The van der Waals surface area contributed by atoms with Crippen molar-refractivity contribution in [3.63, 3.8) is 0 Å². The van der Waals surface area contributed by atoms with Gasteiger partial charge in [-0.15, -0.1) is 0 Å². The molecule has 114 valence electrons. The predicted octanol–water partition coefficient (Wildman–Crippen LogP) is 2.49. The number of carbonyl (C=O) groups excluding carboxylic acids is 2. The Bertz CT molecular complexity index is 664. The second-order valence-electron chi connectivity index (χ2n) is 5.44. The molecule has 1 aromatic carbocycles. The first-order valence-corrected chi connectivity index (χ1v) is 7.40. The first-order chi connectivity index (χ1) is 10.7. The molecule has 0 radical (unpaired) electrons. The normalized spacial score (nSPS) is 16.7. The summed E-state index contributed by atoms with van der Waals surface area (Å²) in [5, 5.41) is 5.70. The summed E-state index contributed by atoms with van der Waals surface area (Å²) in [5.41, 5.74) is 2.01. The third kappa shape index (κ3) is 3.36. The lowest BCUT2D eigenvalue weighted by atomic mass is 9.89. The molecular weight excluding hydrogens is 280 g/mol. The molecular formula is C17H18N2O3. The molecule has 1 aromatic heterocycles. The topological polar surface area (TPSA) is 71.3 Å². The molecule has 1 aliphatic rings. The van der Waals surface area contributed by atoms with E-state index in [1.165, 1.54) is 0 Å². The fourth-order valence-corrected chi connectivity index (χ4v) is 2.64. The number of hydrogen-bond acceptors (Lipinski definition) is 3. The van der Waals surface area contributed by atoms with E-state index in [4.69, 9.17) is 4.42 Å². The lowest BCUT2D eigenvalue weighted by Gasteiger charge is -2.24. The average molecular weight is 298 g/mol. The second kappa shape index (κ2) is 6.47. The van der Waals surface area contributed by atoms with E-state index in [0.717, 1.165) is 17.0 Å². The van der Waals surface area contributed by atoms with Crippen molar-refractivity contribution in [2.24, 2.45) is 5.92 Å². The number of rotatable bonds is 5. The Morgan fingerprint density at radius 2 is 2.14 bits per heavy atom. The summed E-state index contributed by atoms with van der Waals surface area (Å²) in [6.45, 7) is 0.380. The van der Waals surface area contributed by atoms with Crippen molar-refractivity contribution >= 4 is 17.5 Å². The van der Waals surface area contributed by atoms with Gasteiger partial charge in [0.1, 0.15) is 5.76 Å². The monoisotopic (exact) mass is 298 g/mol. The van der Waals surface area contributed by atoms with Gasteiger partial charge in [0.05, 0.1) is 12.8 Å². The number of anilines is 1. The largest absolute Gasteiger partial charge is 0.467 e. The van der Waals surface area contributed by atoms with Gasteiger partial charge in [-0.05, 0) is 36.6 Å². The van der Waals surface area contributed by atoms with E-state index in [1.807, 2.05) is 30.3 Å². The molecule has 5 heteroatoms. The maximum Gasteiger partial charge on any atom is 0.227 e. The predicted molar refractivity (Wildman–Crippen MR) is 82.1 cm³/mol. The molecule has 2 aromatic rings. The van der Waals surface area contributed by atoms with Crippen LogP contribution in [0, 0.1) is 5.92 Å². The number of benzene rings is 1. The van der Waals surface area contributed by atoms with Crippen LogP contribution < -0.4 is 10.6 Å². The highest BCUT2D eigenvalue weighted by Crippen LogP contribution is 2.27. The van der Waals surface area contributed by atoms with Crippen molar-refractivity contribution in [1.82, 2.24) is 5.32 Å². The van der Waals surface area contributed by atoms with Crippen molar-refractivity contribution in [1.29, 1.82) is 0 Å². The molecule has 5 nitrogen and oxygen atoms in total. The van der Waals surface area contributed by atoms with E-state index in [2.05, 4.69) is 10.6 Å². The van der Waals surface area contributed by atoms with Crippen LogP contribution >= 0.6 is 0 Å². The van der Waals surface area contributed by atoms with Crippen LogP contribution in [0.4, 0.5) is 5.69 Å². The Kier molecular flexibility index (Phi) is 4.23. The summed E-state index contributed by atoms with van der Waals surface area (Å²) in [5.74, 6) is 0.502. The van der Waals surface area contributed by atoms with E-state index in [1.54, 1.807) is 12.3 Å². The minimum Gasteiger partial charge on any atom is -0.467 e. The van der Waals surface area contributed by atoms with Gasteiger partial charge in [0.2, 0.25) is 11.8 Å². The van der Waals surface area contributed by atoms with Gasteiger partial charge in [-0.3, -0.25) is 9.59 Å². The number of fused-ring (bicyclic) bond motifs is 1. The molecule has 2 N–H and O–H groups in total. The maximum atomic E-state index is 12.1. The van der Waals surface area contributed by atoms with Crippen molar-refractivity contribution in [2.75, 3.05) is 5.32 Å². The first kappa shape index (κ1) is 14.4. The molecule has 0 bridgehead atoms. The first-order valence-electron chi connectivity index (χ1n) is 7.40. The van der Waals surface area contributed by atoms with Gasteiger partial charge in [-0.25, -0.2) is 0 Å². The third-order valence-electron chi connectivity index (χ3n) is 3.87. The number of carbonyl (C=O) groups is 2. The van der Waals surface area contributed by atoms with Crippen molar-refractivity contribution in [3.05, 3.63) is 54.0 Å². The second-order valence-corrected chi connectivity index (χ2v) is 5.44. The number of nitrogens with one attached hydrogen (secondary N) is 2. The van der Waals surface area contributed by atoms with E-state index >= 15 is 0 Å². The lowest BCUT2D eigenvalue weighted by Crippen LogP contribution is -2.31. The Labute approximate surface area is 128 Å². The molecule has 0 saturated carbocycles. The number of amides is 2. The van der Waals surface area contributed by atoms with Crippen LogP contribution in [-0.2, 0) is 22.6 Å². The van der Waals surface area contributed by atoms with Gasteiger partial charge in [-0.1, -0.05) is 18.2 Å². The molecule has 0 fully saturated rings. The summed E-state index contributed by atoms with van der Waals surface area (Å²) in [7, 11) is 0. The lowest BCUT2D eigenvalue weighted by molar-refractivity contribution is -0.123. The summed E-state index contributed by atoms with van der Waals surface area (Å²) >= 11 is 0. The fourth-order valence-electron chi connectivity index (χ4n) is 2.64. The van der Waals surface area contributed by atoms with Gasteiger partial charge in [-0.2, -0.15) is 0 Å². The quantitative estimate of drug-likeness (QED) is 0.891. The third-order valence-corrected chi connectivity index (χ3v) is 3.87. The highest BCUT2D eigenvalue weighted by atomic mass is 16.3. The smallest absolute Gasteiger partial charge is 0.227 e. The Balaban J connectivity index is 1.49. The van der Waals surface area contributed by atoms with Gasteiger partial charge in [0.25, 0.3) is 0 Å². The van der Waals surface area contributed by atoms with Gasteiger partial charge in [0.15, 0.2) is 0 Å². The Morgan fingerprint density at radius 1 is 1.27 bits per heavy atom. The highest BCUT2D eigenvalue weighted by Gasteiger charge is 2.26. The van der Waals surface area contributed by atoms with Crippen LogP contribution in [0.5, 0.6) is 0 Å². The van der Waals surface area contributed by atoms with Gasteiger partial charge >= 0.3 is 0 Å². The molecule has 0 spiro atoms. The summed E-state index contributed by atoms with van der Waals surface area (Å²) < 4.78 is 5.16. The molecule has 0 aliphatic carbocycles. The zero-order chi connectivity index (χ0) is 15.4. The van der Waals surface area contributed by atoms with Crippen molar-refractivity contribution < 1.29 is 14.0 Å². The van der Waals surface area contributed by atoms with Crippen molar-refractivity contribution in [2.45, 2.75) is 25.8 Å². The van der Waals surface area contributed by atoms with Gasteiger partial charge in [0, 0.05) is 18.0 Å². The van der Waals surface area contributed by atoms with Crippen LogP contribution in [0.3, 0.4) is 0 Å². The molecule has 1 aliphatic heterocycles. The Hall–Kier alpha value is -2.56. The SMILES string of the molecule is O=C(CCC1Cc2ccccc2NC1=O)NCc1ccco1. The zero-order valence-corrected chi connectivity index (χ0v) is 12.2. The molecule has 1 unspecified atom stereocenters. The van der Waals surface area contributed by atoms with Gasteiger partial charge < -0.3 is 15.1 Å². The summed E-state index contributed by atoms with van der Waals surface area (Å²) in [6.07, 6.45) is 3.14. The molecule has 2 amide bonds. The molecule has 0 saturated heterocycles. The van der Waals surface area contributed by atoms with E-state index in [-0.39, 0.29) is 17.7 Å². The minimum absolute atomic E-state index is 0.00228. The van der Waals surface area contributed by atoms with E-state index in [9.17, 15) is 9.59 Å². The number of hydrogen-bond donors (Lipinski definition) is 2. The molecule has 2 heterocycles. The average Bonchev–Trinajstić information content (AvgIpc) is 3.04. The van der Waals surface area contributed by atoms with Crippen LogP contribution in [0.1, 0.15) is 24.2 Å². The standard InChI is InChI=1S/C17H18N2O3/c20-16(18-11-14-5-3-9-22-14)8-7-13-10-12-4-1-2-6-15(12)19-17(13)21/h1-6,9,13H,7-8,10-11H2,(H,18,20)(H,19,21). The van der Waals surface area contributed by atoms with Crippen LogP contribution in [0.25, 0.3) is 0 Å². The van der Waals surface area contributed by atoms with E-state index in [0.29, 0.717) is 25.8 Å². The summed E-state index contributed by atoms with van der Waals surface area (Å²) in [4.78, 5) is 23.9. The minimum atomic E-state index is -0.149. The Morgan fingerprint density at radius 3 is 2.95 bits per heavy atom. The maximum absolute atomic E-state index is 12.1. The zero-order valence-electron chi connectivity index (χ0n) is 12.2. The van der Waals surface area contributed by atoms with Crippen molar-refractivity contribution in [3.8, 4) is 0 Å². The van der Waals surface area contributed by atoms with Crippen LogP contribution in [-0.4, -0.2) is 11.8 Å². The number of furan rings is 1. The summed E-state index contributed by atoms with van der Waals surface area (Å²) in [6, 6.07) is 11.4. The molecule has 3 rings (SSSR count). The van der Waals surface area contributed by atoms with E-state index < -0.39 is 0 Å². The molecule has 1 atom stereocenters. The highest BCUT2D eigenvalue weighted by molar-refractivity contribution is 5.96. The number of para-hydroxylation sites is 1. The molecule has 22 heavy (non-hydrogen) atoms. The fraction of sp³-hybridized carbons (Fsp3) is 0.294. The van der Waals surface area contributed by atoms with Crippen LogP contribution in [0.15, 0.2) is 47.1 Å². The van der Waals surface area contributed by atoms with Crippen LogP contribution in [0.2, 0.25) is 0 Å².